The summed E-state index contributed by atoms with van der Waals surface area (Å²) < 4.78 is 18.1. The average Bonchev–Trinajstić information content (AvgIpc) is 2.45. The van der Waals surface area contributed by atoms with Gasteiger partial charge in [0.05, 0.1) is 12.7 Å². The molecule has 98 valence electrons. The number of esters is 1. The number of hydrogen-bond acceptors (Lipinski definition) is 4. The molecule has 1 aromatic rings. The van der Waals surface area contributed by atoms with E-state index in [0.29, 0.717) is 18.8 Å². The highest BCUT2D eigenvalue weighted by molar-refractivity contribution is 6.67. The summed E-state index contributed by atoms with van der Waals surface area (Å²) in [5, 5.41) is 8.85. The zero-order valence-corrected chi connectivity index (χ0v) is 10.7. The Hall–Kier alpha value is -2.03. The molecule has 0 saturated carbocycles. The number of methoxy groups -OCH3 is 1. The van der Waals surface area contributed by atoms with Crippen LogP contribution in [0.5, 0.6) is 0 Å². The number of nitriles is 1. The summed E-state index contributed by atoms with van der Waals surface area (Å²) >= 11 is 0. The van der Waals surface area contributed by atoms with Gasteiger partial charge in [0.2, 0.25) is 0 Å². The van der Waals surface area contributed by atoms with Crippen LogP contribution in [-0.4, -0.2) is 32.9 Å². The highest BCUT2D eigenvalue weighted by atomic mass is 19.1. The lowest BCUT2D eigenvalue weighted by molar-refractivity contribution is 0.0600. The van der Waals surface area contributed by atoms with E-state index in [9.17, 15) is 9.18 Å². The number of hydrogen-bond donors (Lipinski definition) is 0. The standard InChI is InChI=1S/C13H14BFN2O2/c1-19-13(18)10-6-11(15)8-12(7-10)17-4-2-14(9-16)3-5-17/h6-8H,2-5H2,1H3. The third-order valence-electron chi connectivity index (χ3n) is 3.35. The van der Waals surface area contributed by atoms with Crippen LogP contribution in [0.2, 0.25) is 12.6 Å². The van der Waals surface area contributed by atoms with E-state index in [0.717, 1.165) is 18.7 Å². The molecule has 0 unspecified atom stereocenters. The first-order valence-electron chi connectivity index (χ1n) is 6.17. The lowest BCUT2D eigenvalue weighted by Crippen LogP contribution is -2.36. The minimum atomic E-state index is -0.548. The van der Waals surface area contributed by atoms with Crippen molar-refractivity contribution in [1.82, 2.24) is 0 Å². The maximum atomic E-state index is 13.5. The number of rotatable bonds is 2. The second-order valence-corrected chi connectivity index (χ2v) is 4.58. The zero-order valence-electron chi connectivity index (χ0n) is 10.7. The minimum absolute atomic E-state index is 0.0740. The minimum Gasteiger partial charge on any atom is -0.465 e. The summed E-state index contributed by atoms with van der Waals surface area (Å²) in [6.07, 6.45) is 1.53. The zero-order chi connectivity index (χ0) is 13.8. The summed E-state index contributed by atoms with van der Waals surface area (Å²) in [6.45, 7) is 1.47. The molecule has 0 atom stereocenters. The summed E-state index contributed by atoms with van der Waals surface area (Å²) in [5.74, 6) is 1.24. The van der Waals surface area contributed by atoms with Crippen LogP contribution in [0.1, 0.15) is 10.4 Å². The maximum absolute atomic E-state index is 13.5. The molecule has 1 aromatic carbocycles. The monoisotopic (exact) mass is 260 g/mol. The quantitative estimate of drug-likeness (QED) is 0.602. The number of halogens is 1. The summed E-state index contributed by atoms with van der Waals surface area (Å²) in [7, 11) is 1.27. The van der Waals surface area contributed by atoms with E-state index in [2.05, 4.69) is 10.7 Å². The van der Waals surface area contributed by atoms with Gasteiger partial charge in [0.1, 0.15) is 5.82 Å². The number of anilines is 1. The van der Waals surface area contributed by atoms with Gasteiger partial charge in [-0.15, -0.1) is 0 Å². The predicted octanol–water partition coefficient (Wildman–Crippen LogP) is 1.99. The molecule has 0 aliphatic carbocycles. The molecule has 0 spiro atoms. The SMILES string of the molecule is COC(=O)c1cc(F)cc(N2CCB(C#N)CC2)c1. The Morgan fingerprint density at radius 2 is 2.11 bits per heavy atom. The van der Waals surface area contributed by atoms with Gasteiger partial charge in [-0.2, -0.15) is 0 Å². The van der Waals surface area contributed by atoms with Gasteiger partial charge in [0.25, 0.3) is 6.71 Å². The van der Waals surface area contributed by atoms with E-state index in [4.69, 9.17) is 5.26 Å². The second-order valence-electron chi connectivity index (χ2n) is 4.58. The molecule has 0 bridgehead atoms. The Labute approximate surface area is 111 Å². The van der Waals surface area contributed by atoms with Crippen molar-refractivity contribution < 1.29 is 13.9 Å². The Kier molecular flexibility index (Phi) is 4.05. The van der Waals surface area contributed by atoms with Crippen molar-refractivity contribution in [3.8, 4) is 5.97 Å². The number of nitrogens with zero attached hydrogens (tertiary/aromatic N) is 2. The van der Waals surface area contributed by atoms with E-state index in [1.54, 1.807) is 6.07 Å². The number of benzene rings is 1. The van der Waals surface area contributed by atoms with Gasteiger partial charge in [0.15, 0.2) is 0 Å². The van der Waals surface area contributed by atoms with Crippen molar-refractivity contribution in [2.45, 2.75) is 12.6 Å². The van der Waals surface area contributed by atoms with Crippen LogP contribution in [-0.2, 0) is 4.74 Å². The summed E-state index contributed by atoms with van der Waals surface area (Å²) in [5.41, 5.74) is 0.872. The largest absolute Gasteiger partial charge is 0.465 e. The highest BCUT2D eigenvalue weighted by Gasteiger charge is 2.23. The van der Waals surface area contributed by atoms with Gasteiger partial charge >= 0.3 is 5.97 Å². The molecule has 1 fully saturated rings. The molecule has 1 aliphatic rings. The van der Waals surface area contributed by atoms with Crippen molar-refractivity contribution in [1.29, 1.82) is 5.26 Å². The molecule has 1 saturated heterocycles. The topological polar surface area (TPSA) is 53.3 Å². The first-order valence-corrected chi connectivity index (χ1v) is 6.17. The fraction of sp³-hybridized carbons (Fsp3) is 0.385. The maximum Gasteiger partial charge on any atom is 0.338 e. The van der Waals surface area contributed by atoms with Gasteiger partial charge in [0, 0.05) is 24.7 Å². The molecule has 0 radical (unpaired) electrons. The second kappa shape index (κ2) is 5.74. The van der Waals surface area contributed by atoms with E-state index >= 15 is 0 Å². The molecule has 1 aliphatic heterocycles. The fourth-order valence-electron chi connectivity index (χ4n) is 2.26. The molecule has 4 nitrogen and oxygen atoms in total. The lowest BCUT2D eigenvalue weighted by atomic mass is 9.45. The van der Waals surface area contributed by atoms with Crippen LogP contribution >= 0.6 is 0 Å². The molecular weight excluding hydrogens is 246 g/mol. The van der Waals surface area contributed by atoms with Crippen LogP contribution < -0.4 is 4.90 Å². The van der Waals surface area contributed by atoms with Gasteiger partial charge in [-0.1, -0.05) is 0 Å². The van der Waals surface area contributed by atoms with Gasteiger partial charge in [-0.3, -0.25) is 0 Å². The lowest BCUT2D eigenvalue weighted by Gasteiger charge is -2.30. The van der Waals surface area contributed by atoms with Crippen molar-refractivity contribution in [3.63, 3.8) is 0 Å². The third-order valence-corrected chi connectivity index (χ3v) is 3.35. The molecule has 1 heterocycles. The van der Waals surface area contributed by atoms with Crippen molar-refractivity contribution in [2.75, 3.05) is 25.1 Å². The Morgan fingerprint density at radius 3 is 2.68 bits per heavy atom. The molecule has 0 amide bonds. The molecular formula is C13H14BFN2O2. The van der Waals surface area contributed by atoms with Gasteiger partial charge in [-0.05, 0) is 30.8 Å². The smallest absolute Gasteiger partial charge is 0.338 e. The van der Waals surface area contributed by atoms with E-state index in [-0.39, 0.29) is 12.3 Å². The molecule has 0 N–H and O–H groups in total. The molecule has 2 rings (SSSR count). The first kappa shape index (κ1) is 13.4. The summed E-state index contributed by atoms with van der Waals surface area (Å²) in [6, 6.07) is 4.19. The number of carbonyl (C=O) groups is 1. The molecule has 6 heteroatoms. The average molecular weight is 260 g/mol. The van der Waals surface area contributed by atoms with Crippen LogP contribution in [0, 0.1) is 17.0 Å². The molecule has 19 heavy (non-hydrogen) atoms. The third kappa shape index (κ3) is 3.05. The normalized spacial score (nSPS) is 15.0. The van der Waals surface area contributed by atoms with Crippen LogP contribution in [0.25, 0.3) is 0 Å². The van der Waals surface area contributed by atoms with E-state index in [1.165, 1.54) is 13.2 Å². The van der Waals surface area contributed by atoms with Crippen LogP contribution in [0.3, 0.4) is 0 Å². The predicted molar refractivity (Wildman–Crippen MR) is 70.9 cm³/mol. The molecule has 0 aromatic heterocycles. The van der Waals surface area contributed by atoms with Crippen molar-refractivity contribution in [3.05, 3.63) is 29.6 Å². The Morgan fingerprint density at radius 1 is 1.42 bits per heavy atom. The van der Waals surface area contributed by atoms with Gasteiger partial charge in [-0.25, -0.2) is 14.4 Å². The van der Waals surface area contributed by atoms with Crippen LogP contribution in [0.4, 0.5) is 10.1 Å². The Balaban J connectivity index is 2.19. The van der Waals surface area contributed by atoms with Crippen molar-refractivity contribution >= 4 is 18.4 Å². The Bertz CT molecular complexity index is 522. The van der Waals surface area contributed by atoms with Crippen LogP contribution in [0.15, 0.2) is 18.2 Å². The van der Waals surface area contributed by atoms with Crippen molar-refractivity contribution in [2.24, 2.45) is 0 Å². The van der Waals surface area contributed by atoms with E-state index in [1.807, 2.05) is 4.90 Å². The first-order chi connectivity index (χ1) is 9.13. The van der Waals surface area contributed by atoms with E-state index < -0.39 is 11.8 Å². The number of carbonyl (C=O) groups excluding carboxylic acids is 1. The highest BCUT2D eigenvalue weighted by Crippen LogP contribution is 2.23. The number of ether oxygens (including phenoxy) is 1. The van der Waals surface area contributed by atoms with Gasteiger partial charge < -0.3 is 9.64 Å². The summed E-state index contributed by atoms with van der Waals surface area (Å²) in [4.78, 5) is 13.4. The fourth-order valence-corrected chi connectivity index (χ4v) is 2.26.